The Morgan fingerprint density at radius 2 is 1.93 bits per heavy atom. The molecule has 3 aromatic rings. The molecule has 0 amide bonds. The van der Waals surface area contributed by atoms with E-state index in [-0.39, 0.29) is 5.69 Å². The van der Waals surface area contributed by atoms with Crippen LogP contribution in [0.4, 0.5) is 24.5 Å². The molecule has 1 unspecified atom stereocenters. The fourth-order valence-electron chi connectivity index (χ4n) is 3.05. The van der Waals surface area contributed by atoms with Crippen molar-refractivity contribution in [1.82, 2.24) is 4.98 Å². The zero-order valence-electron chi connectivity index (χ0n) is 14.0. The quantitative estimate of drug-likeness (QED) is 0.633. The minimum Gasteiger partial charge on any atom is -0.508 e. The first-order chi connectivity index (χ1) is 12.7. The minimum atomic E-state index is -4.57. The molecule has 2 N–H and O–H groups in total. The topological polar surface area (TPSA) is 62.2 Å². The molecule has 1 atom stereocenters. The average Bonchev–Trinajstić information content (AvgIpc) is 2.86. The van der Waals surface area contributed by atoms with E-state index in [1.807, 2.05) is 13.0 Å². The molecule has 0 saturated carbocycles. The molecule has 0 bridgehead atoms. The highest BCUT2D eigenvalue weighted by Crippen LogP contribution is 2.38. The lowest BCUT2D eigenvalue weighted by molar-refractivity contribution is -0.137. The third-order valence-electron chi connectivity index (χ3n) is 4.29. The van der Waals surface area contributed by atoms with Crippen molar-refractivity contribution in [2.24, 2.45) is 0 Å². The van der Waals surface area contributed by atoms with Crippen LogP contribution in [0.1, 0.15) is 18.1 Å². The molecule has 0 radical (unpaired) electrons. The van der Waals surface area contributed by atoms with Crippen molar-refractivity contribution < 1.29 is 22.5 Å². The highest BCUT2D eigenvalue weighted by atomic mass is 32.2. The third-order valence-corrected chi connectivity index (χ3v) is 5.63. The Labute approximate surface area is 154 Å². The molecule has 8 heteroatoms. The summed E-state index contributed by atoms with van der Waals surface area (Å²) in [5.74, 6) is -0.493. The number of benzene rings is 2. The fourth-order valence-corrected chi connectivity index (χ4v) is 4.29. The van der Waals surface area contributed by atoms with Gasteiger partial charge in [-0.2, -0.15) is 13.2 Å². The molecule has 138 valence electrons. The predicted octanol–water partition coefficient (Wildman–Crippen LogP) is 5.18. The molecule has 0 spiro atoms. The van der Waals surface area contributed by atoms with Crippen LogP contribution in [0.2, 0.25) is 0 Å². The van der Waals surface area contributed by atoms with E-state index in [0.717, 1.165) is 17.2 Å². The van der Waals surface area contributed by atoms with Crippen molar-refractivity contribution in [3.05, 3.63) is 59.1 Å². The van der Waals surface area contributed by atoms with Gasteiger partial charge in [-0.15, -0.1) is 0 Å². The summed E-state index contributed by atoms with van der Waals surface area (Å²) in [5.41, 5.74) is 2.01. The summed E-state index contributed by atoms with van der Waals surface area (Å²) < 4.78 is 51.2. The first-order valence-electron chi connectivity index (χ1n) is 7.93. The van der Waals surface area contributed by atoms with E-state index in [0.29, 0.717) is 27.6 Å². The number of fused-ring (bicyclic) bond motifs is 2. The summed E-state index contributed by atoms with van der Waals surface area (Å²) in [5, 5.41) is 14.8. The van der Waals surface area contributed by atoms with Gasteiger partial charge in [-0.1, -0.05) is 0 Å². The average molecular weight is 390 g/mol. The van der Waals surface area contributed by atoms with Gasteiger partial charge >= 0.3 is 6.18 Å². The largest absolute Gasteiger partial charge is 0.508 e. The summed E-state index contributed by atoms with van der Waals surface area (Å²) in [7, 11) is -1.26. The maximum atomic E-state index is 13.0. The molecule has 4 nitrogen and oxygen atoms in total. The number of phenols is 1. The van der Waals surface area contributed by atoms with Crippen LogP contribution in [-0.4, -0.2) is 14.3 Å². The van der Waals surface area contributed by atoms with Crippen LogP contribution in [0.25, 0.3) is 16.5 Å². The maximum absolute atomic E-state index is 13.0. The Morgan fingerprint density at radius 3 is 2.67 bits per heavy atom. The lowest BCUT2D eigenvalue weighted by Crippen LogP contribution is -2.05. The number of aromatic hydroxyl groups is 1. The summed E-state index contributed by atoms with van der Waals surface area (Å²) in [6.45, 7) is 1.86. The van der Waals surface area contributed by atoms with Crippen LogP contribution in [0.15, 0.2) is 52.9 Å². The molecule has 2 aromatic carbocycles. The zero-order chi connectivity index (χ0) is 19.3. The van der Waals surface area contributed by atoms with E-state index in [1.54, 1.807) is 17.5 Å². The van der Waals surface area contributed by atoms with Crippen LogP contribution in [-0.2, 0) is 17.0 Å². The van der Waals surface area contributed by atoms with Crippen molar-refractivity contribution in [3.63, 3.8) is 0 Å². The summed E-state index contributed by atoms with van der Waals surface area (Å²) >= 11 is 0. The van der Waals surface area contributed by atoms with Crippen LogP contribution in [0.3, 0.4) is 0 Å². The van der Waals surface area contributed by atoms with Gasteiger partial charge in [-0.3, -0.25) is 4.98 Å². The molecule has 2 heterocycles. The highest BCUT2D eigenvalue weighted by molar-refractivity contribution is 7.88. The second-order valence-electron chi connectivity index (χ2n) is 6.21. The number of hydrogen-bond acceptors (Lipinski definition) is 4. The van der Waals surface area contributed by atoms with Crippen molar-refractivity contribution in [1.29, 1.82) is 0 Å². The number of pyridine rings is 1. The minimum absolute atomic E-state index is 0.0887. The lowest BCUT2D eigenvalue weighted by Gasteiger charge is -2.14. The number of aromatic nitrogens is 1. The normalized spacial score (nSPS) is 16.3. The summed E-state index contributed by atoms with van der Waals surface area (Å²) in [6, 6.07) is 7.96. The van der Waals surface area contributed by atoms with E-state index in [4.69, 9.17) is 0 Å². The first-order valence-corrected chi connectivity index (χ1v) is 9.14. The molecule has 4 rings (SSSR count). The van der Waals surface area contributed by atoms with Gasteiger partial charge in [0.1, 0.15) is 5.75 Å². The molecule has 1 aliphatic heterocycles. The van der Waals surface area contributed by atoms with Gasteiger partial charge in [0.25, 0.3) is 0 Å². The number of anilines is 2. The van der Waals surface area contributed by atoms with E-state index in [1.165, 1.54) is 12.3 Å². The Balaban J connectivity index is 1.81. The van der Waals surface area contributed by atoms with E-state index < -0.39 is 28.3 Å². The van der Waals surface area contributed by atoms with Crippen LogP contribution in [0, 0.1) is 0 Å². The van der Waals surface area contributed by atoms with Gasteiger partial charge in [0.15, 0.2) is 0 Å². The molecule has 0 aliphatic carbocycles. The second-order valence-corrected chi connectivity index (χ2v) is 7.48. The predicted molar refractivity (Wildman–Crippen MR) is 98.2 cm³/mol. The molecular weight excluding hydrogens is 377 g/mol. The van der Waals surface area contributed by atoms with Crippen LogP contribution >= 0.6 is 0 Å². The summed E-state index contributed by atoms with van der Waals surface area (Å²) in [4.78, 5) is 4.94. The molecular formula is C19H13F3N2O2S. The third kappa shape index (κ3) is 3.16. The van der Waals surface area contributed by atoms with E-state index in [9.17, 15) is 22.5 Å². The highest BCUT2D eigenvalue weighted by Gasteiger charge is 2.31. The zero-order valence-corrected chi connectivity index (χ0v) is 14.8. The maximum Gasteiger partial charge on any atom is 0.416 e. The monoisotopic (exact) mass is 390 g/mol. The number of nitrogens with one attached hydrogen (secondary N) is 1. The van der Waals surface area contributed by atoms with Crippen molar-refractivity contribution in [2.75, 3.05) is 5.32 Å². The Kier molecular flexibility index (Phi) is 3.96. The Hall–Kier alpha value is -2.87. The number of hydrogen-bond donors (Lipinski definition) is 2. The Morgan fingerprint density at radius 1 is 1.15 bits per heavy atom. The van der Waals surface area contributed by atoms with Gasteiger partial charge in [0, 0.05) is 34.4 Å². The van der Waals surface area contributed by atoms with Crippen LogP contribution < -0.4 is 5.32 Å². The van der Waals surface area contributed by atoms with Gasteiger partial charge in [-0.05, 0) is 48.4 Å². The Bertz CT molecular complexity index is 1140. The smallest absolute Gasteiger partial charge is 0.416 e. The molecule has 1 aromatic heterocycles. The standard InChI is InChI=1S/C19H13F3N2O2S/c1-10-9-27(26)18-8-15-16(2-3-23-17(15)7-14(10)18)24-12-4-11(19(20,21)22)5-13(25)6-12/h2-9,25H,1H3,(H,23,24). The molecule has 27 heavy (non-hydrogen) atoms. The fraction of sp³-hybridized carbons (Fsp3) is 0.105. The SMILES string of the molecule is CC1=CS(=O)c2cc3c(Nc4cc(O)cc(C(F)(F)F)c4)ccnc3cc21. The van der Waals surface area contributed by atoms with E-state index in [2.05, 4.69) is 10.3 Å². The van der Waals surface area contributed by atoms with Gasteiger partial charge in [-0.25, -0.2) is 4.21 Å². The lowest BCUT2D eigenvalue weighted by atomic mass is 10.1. The number of alkyl halides is 3. The number of phenolic OH excluding ortho intramolecular Hbond substituents is 1. The summed E-state index contributed by atoms with van der Waals surface area (Å²) in [6.07, 6.45) is -3.04. The second kappa shape index (κ2) is 6.09. The van der Waals surface area contributed by atoms with Crippen molar-refractivity contribution in [3.8, 4) is 5.75 Å². The number of allylic oxidation sites excluding steroid dienone is 1. The number of halogens is 3. The first kappa shape index (κ1) is 17.5. The van der Waals surface area contributed by atoms with Crippen molar-refractivity contribution >= 4 is 38.7 Å². The number of nitrogens with zero attached hydrogens (tertiary/aromatic N) is 1. The van der Waals surface area contributed by atoms with E-state index >= 15 is 0 Å². The van der Waals surface area contributed by atoms with Gasteiger partial charge in [0.05, 0.1) is 26.8 Å². The van der Waals surface area contributed by atoms with Gasteiger partial charge < -0.3 is 10.4 Å². The molecule has 0 fully saturated rings. The van der Waals surface area contributed by atoms with Gasteiger partial charge in [0.2, 0.25) is 0 Å². The van der Waals surface area contributed by atoms with Crippen LogP contribution in [0.5, 0.6) is 5.75 Å². The molecule has 1 aliphatic rings. The molecule has 0 saturated heterocycles. The van der Waals surface area contributed by atoms with Crippen molar-refractivity contribution in [2.45, 2.75) is 18.0 Å². The number of rotatable bonds is 2.